The standard InChI is InChI=1S/C13H20FN3O2/c1-17(2)13(18)16-7-6-15-9-10-4-5-12(19-3)11(14)8-10/h4-5,8,15H,6-7,9H2,1-3H3,(H,16,18). The van der Waals surface area contributed by atoms with Crippen molar-refractivity contribution in [3.05, 3.63) is 29.6 Å². The molecule has 0 spiro atoms. The molecule has 1 rings (SSSR count). The average Bonchev–Trinajstić information content (AvgIpc) is 2.38. The first-order valence-electron chi connectivity index (χ1n) is 6.03. The van der Waals surface area contributed by atoms with E-state index in [1.54, 1.807) is 26.2 Å². The summed E-state index contributed by atoms with van der Waals surface area (Å²) in [4.78, 5) is 12.7. The van der Waals surface area contributed by atoms with Gasteiger partial charge in [0.2, 0.25) is 0 Å². The quantitative estimate of drug-likeness (QED) is 0.763. The molecule has 2 amide bonds. The molecule has 0 fully saturated rings. The number of hydrogen-bond acceptors (Lipinski definition) is 3. The summed E-state index contributed by atoms with van der Waals surface area (Å²) in [5, 5.41) is 5.85. The Labute approximate surface area is 112 Å². The molecule has 0 aliphatic rings. The summed E-state index contributed by atoms with van der Waals surface area (Å²) < 4.78 is 18.2. The molecule has 6 heteroatoms. The first-order chi connectivity index (χ1) is 9.04. The van der Waals surface area contributed by atoms with E-state index in [1.165, 1.54) is 18.1 Å². The molecule has 5 nitrogen and oxygen atoms in total. The van der Waals surface area contributed by atoms with E-state index in [2.05, 4.69) is 10.6 Å². The van der Waals surface area contributed by atoms with Crippen LogP contribution < -0.4 is 15.4 Å². The van der Waals surface area contributed by atoms with Crippen molar-refractivity contribution in [2.24, 2.45) is 0 Å². The molecule has 19 heavy (non-hydrogen) atoms. The number of carbonyl (C=O) groups excluding carboxylic acids is 1. The summed E-state index contributed by atoms with van der Waals surface area (Å²) in [5.74, 6) is -0.135. The van der Waals surface area contributed by atoms with Crippen molar-refractivity contribution in [1.82, 2.24) is 15.5 Å². The minimum Gasteiger partial charge on any atom is -0.494 e. The normalized spacial score (nSPS) is 10.1. The predicted molar refractivity (Wildman–Crippen MR) is 71.7 cm³/mol. The van der Waals surface area contributed by atoms with Crippen LogP contribution in [0.2, 0.25) is 0 Å². The maximum atomic E-state index is 13.4. The number of rotatable bonds is 6. The second-order valence-corrected chi connectivity index (χ2v) is 4.27. The van der Waals surface area contributed by atoms with Gasteiger partial charge in [0.15, 0.2) is 11.6 Å². The number of carbonyl (C=O) groups is 1. The number of nitrogens with zero attached hydrogens (tertiary/aromatic N) is 1. The highest BCUT2D eigenvalue weighted by molar-refractivity contribution is 5.73. The summed E-state index contributed by atoms with van der Waals surface area (Å²) in [6.45, 7) is 1.68. The smallest absolute Gasteiger partial charge is 0.316 e. The molecule has 0 aliphatic heterocycles. The van der Waals surface area contributed by atoms with Crippen LogP contribution in [0.4, 0.5) is 9.18 Å². The van der Waals surface area contributed by atoms with Crippen LogP contribution in [0, 0.1) is 5.82 Å². The van der Waals surface area contributed by atoms with E-state index in [-0.39, 0.29) is 17.6 Å². The molecule has 0 unspecified atom stereocenters. The number of ether oxygens (including phenoxy) is 1. The minimum absolute atomic E-state index is 0.128. The van der Waals surface area contributed by atoms with Gasteiger partial charge < -0.3 is 20.3 Å². The molecule has 0 radical (unpaired) electrons. The molecule has 1 aromatic carbocycles. The van der Waals surface area contributed by atoms with E-state index in [9.17, 15) is 9.18 Å². The van der Waals surface area contributed by atoms with Crippen LogP contribution >= 0.6 is 0 Å². The van der Waals surface area contributed by atoms with Crippen molar-refractivity contribution in [3.8, 4) is 5.75 Å². The predicted octanol–water partition coefficient (Wildman–Crippen LogP) is 1.20. The van der Waals surface area contributed by atoms with Crippen LogP contribution in [-0.4, -0.2) is 45.2 Å². The highest BCUT2D eigenvalue weighted by Gasteiger charge is 2.03. The van der Waals surface area contributed by atoms with Crippen LogP contribution in [0.15, 0.2) is 18.2 Å². The number of urea groups is 1. The second kappa shape index (κ2) is 7.58. The van der Waals surface area contributed by atoms with Gasteiger partial charge in [-0.3, -0.25) is 0 Å². The number of benzene rings is 1. The van der Waals surface area contributed by atoms with E-state index in [1.807, 2.05) is 0 Å². The number of halogens is 1. The topological polar surface area (TPSA) is 53.6 Å². The molecule has 0 heterocycles. The van der Waals surface area contributed by atoms with Gasteiger partial charge in [-0.1, -0.05) is 6.07 Å². The molecule has 106 valence electrons. The molecule has 0 atom stereocenters. The zero-order valence-corrected chi connectivity index (χ0v) is 11.5. The largest absolute Gasteiger partial charge is 0.494 e. The molecule has 0 saturated heterocycles. The van der Waals surface area contributed by atoms with Crippen LogP contribution in [-0.2, 0) is 6.54 Å². The van der Waals surface area contributed by atoms with Crippen LogP contribution in [0.25, 0.3) is 0 Å². The third kappa shape index (κ3) is 5.13. The highest BCUT2D eigenvalue weighted by atomic mass is 19.1. The molecule has 0 aliphatic carbocycles. The Morgan fingerprint density at radius 1 is 1.37 bits per heavy atom. The Bertz CT molecular complexity index is 424. The average molecular weight is 269 g/mol. The van der Waals surface area contributed by atoms with Gasteiger partial charge in [-0.25, -0.2) is 9.18 Å². The van der Waals surface area contributed by atoms with Gasteiger partial charge in [0.1, 0.15) is 0 Å². The van der Waals surface area contributed by atoms with Crippen LogP contribution in [0.1, 0.15) is 5.56 Å². The monoisotopic (exact) mass is 269 g/mol. The number of amides is 2. The lowest BCUT2D eigenvalue weighted by molar-refractivity contribution is 0.217. The Morgan fingerprint density at radius 3 is 2.68 bits per heavy atom. The SMILES string of the molecule is COc1ccc(CNCCNC(=O)N(C)C)cc1F. The van der Waals surface area contributed by atoms with Crippen molar-refractivity contribution in [1.29, 1.82) is 0 Å². The van der Waals surface area contributed by atoms with E-state index in [0.29, 0.717) is 19.6 Å². The third-order valence-corrected chi connectivity index (χ3v) is 2.53. The minimum atomic E-state index is -0.372. The first kappa shape index (κ1) is 15.2. The van der Waals surface area contributed by atoms with Crippen molar-refractivity contribution in [2.45, 2.75) is 6.54 Å². The molecule has 0 bridgehead atoms. The van der Waals surface area contributed by atoms with Gasteiger partial charge in [-0.2, -0.15) is 0 Å². The van der Waals surface area contributed by atoms with E-state index >= 15 is 0 Å². The van der Waals surface area contributed by atoms with E-state index in [4.69, 9.17) is 4.74 Å². The molecular formula is C13H20FN3O2. The molecule has 0 aromatic heterocycles. The van der Waals surface area contributed by atoms with Crippen LogP contribution in [0.3, 0.4) is 0 Å². The van der Waals surface area contributed by atoms with Crippen LogP contribution in [0.5, 0.6) is 5.75 Å². The fraction of sp³-hybridized carbons (Fsp3) is 0.462. The van der Waals surface area contributed by atoms with Gasteiger partial charge in [0.25, 0.3) is 0 Å². The van der Waals surface area contributed by atoms with E-state index < -0.39 is 0 Å². The van der Waals surface area contributed by atoms with Gasteiger partial charge >= 0.3 is 6.03 Å². The Hall–Kier alpha value is -1.82. The maximum Gasteiger partial charge on any atom is 0.316 e. The lowest BCUT2D eigenvalue weighted by Gasteiger charge is -2.12. The van der Waals surface area contributed by atoms with E-state index in [0.717, 1.165) is 5.56 Å². The zero-order chi connectivity index (χ0) is 14.3. The number of methoxy groups -OCH3 is 1. The summed E-state index contributed by atoms with van der Waals surface area (Å²) in [5.41, 5.74) is 0.831. The lowest BCUT2D eigenvalue weighted by atomic mass is 10.2. The molecule has 1 aromatic rings. The Kier molecular flexibility index (Phi) is 6.08. The highest BCUT2D eigenvalue weighted by Crippen LogP contribution is 2.17. The summed E-state index contributed by atoms with van der Waals surface area (Å²) >= 11 is 0. The fourth-order valence-electron chi connectivity index (χ4n) is 1.47. The third-order valence-electron chi connectivity index (χ3n) is 2.53. The Balaban J connectivity index is 2.26. The Morgan fingerprint density at radius 2 is 2.11 bits per heavy atom. The van der Waals surface area contributed by atoms with Crippen molar-refractivity contribution >= 4 is 6.03 Å². The van der Waals surface area contributed by atoms with Gasteiger partial charge in [-0.15, -0.1) is 0 Å². The number of hydrogen-bond donors (Lipinski definition) is 2. The summed E-state index contributed by atoms with van der Waals surface area (Å²) in [6, 6.07) is 4.70. The molecule has 2 N–H and O–H groups in total. The van der Waals surface area contributed by atoms with Crippen molar-refractivity contribution in [2.75, 3.05) is 34.3 Å². The zero-order valence-electron chi connectivity index (χ0n) is 11.5. The lowest BCUT2D eigenvalue weighted by Crippen LogP contribution is -2.38. The summed E-state index contributed by atoms with van der Waals surface area (Å²) in [6.07, 6.45) is 0. The van der Waals surface area contributed by atoms with Crippen molar-refractivity contribution < 1.29 is 13.9 Å². The van der Waals surface area contributed by atoms with Gasteiger partial charge in [0, 0.05) is 33.7 Å². The molecular weight excluding hydrogens is 249 g/mol. The fourth-order valence-corrected chi connectivity index (χ4v) is 1.47. The molecule has 0 saturated carbocycles. The van der Waals surface area contributed by atoms with Gasteiger partial charge in [0.05, 0.1) is 7.11 Å². The first-order valence-corrected chi connectivity index (χ1v) is 6.03. The summed E-state index contributed by atoms with van der Waals surface area (Å²) in [7, 11) is 4.80. The van der Waals surface area contributed by atoms with Crippen molar-refractivity contribution in [3.63, 3.8) is 0 Å². The second-order valence-electron chi connectivity index (χ2n) is 4.27. The number of nitrogens with one attached hydrogen (secondary N) is 2. The van der Waals surface area contributed by atoms with Gasteiger partial charge in [-0.05, 0) is 17.7 Å². The maximum absolute atomic E-state index is 13.4.